The van der Waals surface area contributed by atoms with Gasteiger partial charge in [0.15, 0.2) is 0 Å². The molecule has 0 saturated heterocycles. The molecule has 0 aliphatic heterocycles. The first-order valence-corrected chi connectivity index (χ1v) is 8.71. The van der Waals surface area contributed by atoms with Crippen molar-refractivity contribution < 1.29 is 14.3 Å². The molecule has 0 fully saturated rings. The minimum atomic E-state index is -0.562. The zero-order valence-corrected chi connectivity index (χ0v) is 15.2. The number of ether oxygens (including phenoxy) is 1. The van der Waals surface area contributed by atoms with Gasteiger partial charge in [0, 0.05) is 6.21 Å². The van der Waals surface area contributed by atoms with Crippen LogP contribution in [0.2, 0.25) is 0 Å². The number of carbonyl (C=O) groups is 2. The molecule has 0 spiro atoms. The lowest BCUT2D eigenvalue weighted by atomic mass is 10.0. The van der Waals surface area contributed by atoms with E-state index < -0.39 is 12.1 Å². The van der Waals surface area contributed by atoms with Crippen LogP contribution in [0.4, 0.5) is 4.79 Å². The van der Waals surface area contributed by atoms with Crippen LogP contribution in [0.3, 0.4) is 0 Å². The molecule has 2 aromatic carbocycles. The SMILES string of the molecule is CCOC(=O)NC(CC(=O)NN=CC=Cc1ccccc1)c1ccccc1. The molecule has 2 N–H and O–H groups in total. The highest BCUT2D eigenvalue weighted by Gasteiger charge is 2.18. The Balaban J connectivity index is 1.90. The lowest BCUT2D eigenvalue weighted by molar-refractivity contribution is -0.121. The van der Waals surface area contributed by atoms with Crippen molar-refractivity contribution >= 4 is 24.3 Å². The second-order valence-corrected chi connectivity index (χ2v) is 5.62. The average molecular weight is 365 g/mol. The van der Waals surface area contributed by atoms with Crippen molar-refractivity contribution in [2.75, 3.05) is 6.61 Å². The standard InChI is InChI=1S/C21H23N3O3/c1-2-27-21(26)23-19(18-13-7-4-8-14-18)16-20(25)24-22-15-9-12-17-10-5-3-6-11-17/h3-15,19H,2,16H2,1H3,(H,23,26)(H,24,25). The number of nitrogens with zero attached hydrogens (tertiary/aromatic N) is 1. The van der Waals surface area contributed by atoms with E-state index in [1.54, 1.807) is 13.0 Å². The van der Waals surface area contributed by atoms with Crippen molar-refractivity contribution in [2.45, 2.75) is 19.4 Å². The fraction of sp³-hybridized carbons (Fsp3) is 0.190. The third kappa shape index (κ3) is 7.56. The van der Waals surface area contributed by atoms with Crippen LogP contribution in [-0.4, -0.2) is 24.8 Å². The van der Waals surface area contributed by atoms with Gasteiger partial charge in [0.05, 0.1) is 19.1 Å². The summed E-state index contributed by atoms with van der Waals surface area (Å²) in [6, 6.07) is 18.5. The van der Waals surface area contributed by atoms with E-state index in [-0.39, 0.29) is 18.9 Å². The molecule has 27 heavy (non-hydrogen) atoms. The van der Waals surface area contributed by atoms with Gasteiger partial charge in [0.25, 0.3) is 0 Å². The van der Waals surface area contributed by atoms with Gasteiger partial charge >= 0.3 is 6.09 Å². The molecule has 0 radical (unpaired) electrons. The summed E-state index contributed by atoms with van der Waals surface area (Å²) in [4.78, 5) is 23.9. The highest BCUT2D eigenvalue weighted by Crippen LogP contribution is 2.16. The summed E-state index contributed by atoms with van der Waals surface area (Å²) in [6.07, 6.45) is 4.60. The summed E-state index contributed by atoms with van der Waals surface area (Å²) >= 11 is 0. The highest BCUT2D eigenvalue weighted by molar-refractivity contribution is 5.82. The molecule has 0 aliphatic rings. The van der Waals surface area contributed by atoms with Crippen LogP contribution in [0.15, 0.2) is 71.8 Å². The third-order valence-electron chi connectivity index (χ3n) is 3.60. The number of rotatable bonds is 8. The summed E-state index contributed by atoms with van der Waals surface area (Å²) in [6.45, 7) is 1.99. The number of alkyl carbamates (subject to hydrolysis) is 1. The van der Waals surface area contributed by atoms with Crippen molar-refractivity contribution in [1.29, 1.82) is 0 Å². The largest absolute Gasteiger partial charge is 0.450 e. The number of allylic oxidation sites excluding steroid dienone is 1. The number of carbonyl (C=O) groups excluding carboxylic acids is 2. The van der Waals surface area contributed by atoms with Crippen LogP contribution in [-0.2, 0) is 9.53 Å². The Morgan fingerprint density at radius 1 is 1.07 bits per heavy atom. The number of nitrogens with one attached hydrogen (secondary N) is 2. The van der Waals surface area contributed by atoms with E-state index in [1.807, 2.05) is 66.7 Å². The highest BCUT2D eigenvalue weighted by atomic mass is 16.5. The van der Waals surface area contributed by atoms with Gasteiger partial charge in [-0.25, -0.2) is 10.2 Å². The van der Waals surface area contributed by atoms with Crippen LogP contribution in [0.5, 0.6) is 0 Å². The molecule has 0 aromatic heterocycles. The maximum atomic E-state index is 12.2. The lowest BCUT2D eigenvalue weighted by Crippen LogP contribution is -2.33. The van der Waals surface area contributed by atoms with Gasteiger partial charge in [-0.3, -0.25) is 4.79 Å². The Kier molecular flexibility index (Phi) is 8.30. The second kappa shape index (κ2) is 11.3. The molecule has 1 atom stereocenters. The summed E-state index contributed by atoms with van der Waals surface area (Å²) < 4.78 is 4.91. The fourth-order valence-electron chi connectivity index (χ4n) is 2.35. The Morgan fingerprint density at radius 2 is 1.74 bits per heavy atom. The first-order chi connectivity index (χ1) is 13.2. The summed E-state index contributed by atoms with van der Waals surface area (Å²) in [5.41, 5.74) is 4.31. The number of benzene rings is 2. The van der Waals surface area contributed by atoms with Gasteiger partial charge in [0.1, 0.15) is 0 Å². The van der Waals surface area contributed by atoms with E-state index >= 15 is 0 Å². The summed E-state index contributed by atoms with van der Waals surface area (Å²) in [5.74, 6) is -0.315. The normalized spacial score (nSPS) is 12.0. The first kappa shape index (κ1) is 19.9. The van der Waals surface area contributed by atoms with E-state index in [0.29, 0.717) is 0 Å². The zero-order valence-electron chi connectivity index (χ0n) is 15.2. The molecular weight excluding hydrogens is 342 g/mol. The average Bonchev–Trinajstić information content (AvgIpc) is 2.69. The topological polar surface area (TPSA) is 79.8 Å². The van der Waals surface area contributed by atoms with Gasteiger partial charge in [-0.05, 0) is 24.1 Å². The molecule has 2 rings (SSSR count). The van der Waals surface area contributed by atoms with Gasteiger partial charge in [-0.1, -0.05) is 66.7 Å². The van der Waals surface area contributed by atoms with E-state index in [4.69, 9.17) is 4.74 Å². The Hall–Kier alpha value is -3.41. The van der Waals surface area contributed by atoms with Gasteiger partial charge in [0.2, 0.25) is 5.91 Å². The summed E-state index contributed by atoms with van der Waals surface area (Å²) in [5, 5.41) is 6.59. The number of hydrazone groups is 1. The van der Waals surface area contributed by atoms with Gasteiger partial charge in [-0.15, -0.1) is 0 Å². The number of hydrogen-bond donors (Lipinski definition) is 2. The van der Waals surface area contributed by atoms with Crippen molar-refractivity contribution in [1.82, 2.24) is 10.7 Å². The number of amides is 2. The van der Waals surface area contributed by atoms with Crippen LogP contribution >= 0.6 is 0 Å². The molecule has 0 heterocycles. The molecule has 6 heteroatoms. The van der Waals surface area contributed by atoms with E-state index in [9.17, 15) is 9.59 Å². The minimum absolute atomic E-state index is 0.0442. The summed E-state index contributed by atoms with van der Waals surface area (Å²) in [7, 11) is 0. The quantitative estimate of drug-likeness (QED) is 0.553. The molecule has 140 valence electrons. The van der Waals surface area contributed by atoms with Crippen LogP contribution in [0.1, 0.15) is 30.5 Å². The molecule has 1 unspecified atom stereocenters. The van der Waals surface area contributed by atoms with Gasteiger partial charge in [-0.2, -0.15) is 5.10 Å². The number of hydrogen-bond acceptors (Lipinski definition) is 4. The second-order valence-electron chi connectivity index (χ2n) is 5.62. The van der Waals surface area contributed by atoms with Crippen molar-refractivity contribution in [3.8, 4) is 0 Å². The molecule has 6 nitrogen and oxygen atoms in total. The Morgan fingerprint density at radius 3 is 2.41 bits per heavy atom. The fourth-order valence-corrected chi connectivity index (χ4v) is 2.35. The molecule has 2 amide bonds. The van der Waals surface area contributed by atoms with Crippen molar-refractivity contribution in [2.24, 2.45) is 5.10 Å². The lowest BCUT2D eigenvalue weighted by Gasteiger charge is -2.17. The molecule has 0 bridgehead atoms. The predicted molar refractivity (Wildman–Crippen MR) is 106 cm³/mol. The monoisotopic (exact) mass is 365 g/mol. The van der Waals surface area contributed by atoms with Crippen LogP contribution in [0, 0.1) is 0 Å². The predicted octanol–water partition coefficient (Wildman–Crippen LogP) is 3.68. The van der Waals surface area contributed by atoms with E-state index in [2.05, 4.69) is 15.8 Å². The Labute approximate surface area is 158 Å². The molecule has 0 saturated carbocycles. The maximum Gasteiger partial charge on any atom is 0.407 e. The minimum Gasteiger partial charge on any atom is -0.450 e. The van der Waals surface area contributed by atoms with Crippen molar-refractivity contribution in [3.05, 3.63) is 77.9 Å². The Bertz CT molecular complexity index is 774. The molecule has 2 aromatic rings. The first-order valence-electron chi connectivity index (χ1n) is 8.71. The van der Waals surface area contributed by atoms with Gasteiger partial charge < -0.3 is 10.1 Å². The maximum absolute atomic E-state index is 12.2. The third-order valence-corrected chi connectivity index (χ3v) is 3.60. The van der Waals surface area contributed by atoms with E-state index in [0.717, 1.165) is 11.1 Å². The van der Waals surface area contributed by atoms with Crippen LogP contribution in [0.25, 0.3) is 6.08 Å². The molecule has 0 aliphatic carbocycles. The van der Waals surface area contributed by atoms with Crippen molar-refractivity contribution in [3.63, 3.8) is 0 Å². The molecular formula is C21H23N3O3. The smallest absolute Gasteiger partial charge is 0.407 e. The van der Waals surface area contributed by atoms with Crippen LogP contribution < -0.4 is 10.7 Å². The van der Waals surface area contributed by atoms with E-state index in [1.165, 1.54) is 6.21 Å². The zero-order chi connectivity index (χ0) is 19.3.